The van der Waals surface area contributed by atoms with Crippen molar-refractivity contribution in [3.05, 3.63) is 0 Å². The summed E-state index contributed by atoms with van der Waals surface area (Å²) in [5.74, 6) is 2.23. The summed E-state index contributed by atoms with van der Waals surface area (Å²) in [6.45, 7) is 0. The molecule has 3 fully saturated rings. The van der Waals surface area contributed by atoms with E-state index >= 15 is 0 Å². The maximum atomic E-state index is 2.51. The van der Waals surface area contributed by atoms with Crippen LogP contribution < -0.4 is 0 Å². The van der Waals surface area contributed by atoms with Gasteiger partial charge in [0.15, 0.2) is 0 Å². The molecule has 0 radical (unpaired) electrons. The molecule has 3 aliphatic carbocycles. The van der Waals surface area contributed by atoms with Crippen LogP contribution in [0.1, 0.15) is 32.1 Å². The van der Waals surface area contributed by atoms with Crippen LogP contribution in [0, 0.1) is 11.8 Å². The van der Waals surface area contributed by atoms with Gasteiger partial charge < -0.3 is 0 Å². The molecule has 2 bridgehead atoms. The molecule has 3 aliphatic rings. The maximum absolute atomic E-state index is 2.51. The van der Waals surface area contributed by atoms with Crippen molar-refractivity contribution in [3.63, 3.8) is 0 Å². The first kappa shape index (κ1) is 8.93. The summed E-state index contributed by atoms with van der Waals surface area (Å²) in [5.41, 5.74) is 0. The van der Waals surface area contributed by atoms with Gasteiger partial charge in [0.2, 0.25) is 0 Å². The summed E-state index contributed by atoms with van der Waals surface area (Å²) in [7, 11) is -0.257. The first-order chi connectivity index (χ1) is 5.57. The van der Waals surface area contributed by atoms with Gasteiger partial charge in [0.05, 0.1) is 0 Å². The minimum absolute atomic E-state index is 0.257. The summed E-state index contributed by atoms with van der Waals surface area (Å²) in [4.78, 5) is 0. The van der Waals surface area contributed by atoms with Gasteiger partial charge in [-0.05, 0) is 55.1 Å². The molecular formula is C11H22S. The van der Waals surface area contributed by atoms with E-state index in [1.807, 2.05) is 0 Å². The minimum atomic E-state index is -0.257. The van der Waals surface area contributed by atoms with E-state index in [1.54, 1.807) is 32.1 Å². The SMILES string of the molecule is CS(C)(C)C1CC2CCC1CC2. The van der Waals surface area contributed by atoms with Crippen LogP contribution >= 0.6 is 10.0 Å². The normalized spacial score (nSPS) is 43.1. The molecular weight excluding hydrogens is 164 g/mol. The Labute approximate surface area is 78.4 Å². The highest BCUT2D eigenvalue weighted by Crippen LogP contribution is 2.56. The number of fused-ring (bicyclic) bond motifs is 3. The number of hydrogen-bond acceptors (Lipinski definition) is 0. The lowest BCUT2D eigenvalue weighted by Gasteiger charge is -2.50. The van der Waals surface area contributed by atoms with Crippen LogP contribution in [0.15, 0.2) is 0 Å². The van der Waals surface area contributed by atoms with Gasteiger partial charge in [0, 0.05) is 0 Å². The smallest absolute Gasteiger partial charge is 0.00882 e. The summed E-state index contributed by atoms with van der Waals surface area (Å²) < 4.78 is 0. The van der Waals surface area contributed by atoms with Gasteiger partial charge in [-0.15, -0.1) is 0 Å². The second-order valence-electron chi connectivity index (χ2n) is 5.49. The van der Waals surface area contributed by atoms with Gasteiger partial charge in [-0.1, -0.05) is 12.8 Å². The van der Waals surface area contributed by atoms with E-state index in [4.69, 9.17) is 0 Å². The zero-order valence-corrected chi connectivity index (χ0v) is 9.49. The predicted molar refractivity (Wildman–Crippen MR) is 59.2 cm³/mol. The van der Waals surface area contributed by atoms with E-state index in [0.29, 0.717) is 0 Å². The Balaban J connectivity index is 2.09. The first-order valence-electron chi connectivity index (χ1n) is 5.24. The highest BCUT2D eigenvalue weighted by molar-refractivity contribution is 8.32. The summed E-state index contributed by atoms with van der Waals surface area (Å²) in [6.07, 6.45) is 15.3. The third kappa shape index (κ3) is 1.53. The summed E-state index contributed by atoms with van der Waals surface area (Å²) >= 11 is 0. The average molecular weight is 186 g/mol. The van der Waals surface area contributed by atoms with E-state index < -0.39 is 0 Å². The average Bonchev–Trinajstić information content (AvgIpc) is 2.05. The van der Waals surface area contributed by atoms with Crippen molar-refractivity contribution >= 4 is 10.0 Å². The van der Waals surface area contributed by atoms with Crippen LogP contribution in [-0.4, -0.2) is 24.0 Å². The van der Waals surface area contributed by atoms with E-state index in [9.17, 15) is 0 Å². The fourth-order valence-electron chi connectivity index (χ4n) is 3.18. The second-order valence-corrected chi connectivity index (χ2v) is 9.96. The molecule has 0 aromatic rings. The highest BCUT2D eigenvalue weighted by atomic mass is 32.3. The lowest BCUT2D eigenvalue weighted by molar-refractivity contribution is 0.183. The molecule has 3 rings (SSSR count). The van der Waals surface area contributed by atoms with Crippen molar-refractivity contribution in [1.29, 1.82) is 0 Å². The highest BCUT2D eigenvalue weighted by Gasteiger charge is 2.39. The molecule has 0 aromatic carbocycles. The van der Waals surface area contributed by atoms with Crippen LogP contribution in [0.4, 0.5) is 0 Å². The molecule has 1 heteroatoms. The second kappa shape index (κ2) is 2.94. The Bertz CT molecular complexity index is 160. The fraction of sp³-hybridized carbons (Fsp3) is 1.00. The van der Waals surface area contributed by atoms with Crippen molar-refractivity contribution in [1.82, 2.24) is 0 Å². The third-order valence-electron chi connectivity index (χ3n) is 3.89. The third-order valence-corrected chi connectivity index (χ3v) is 6.28. The zero-order chi connectivity index (χ0) is 8.77. The van der Waals surface area contributed by atoms with Crippen molar-refractivity contribution in [2.75, 3.05) is 18.8 Å². The van der Waals surface area contributed by atoms with Gasteiger partial charge in [-0.2, -0.15) is 0 Å². The van der Waals surface area contributed by atoms with Gasteiger partial charge in [0.25, 0.3) is 0 Å². The molecule has 0 aromatic heterocycles. The van der Waals surface area contributed by atoms with E-state index in [0.717, 1.165) is 17.1 Å². The predicted octanol–water partition coefficient (Wildman–Crippen LogP) is 3.26. The summed E-state index contributed by atoms with van der Waals surface area (Å²) in [5, 5.41) is 1.12. The lowest BCUT2D eigenvalue weighted by atomic mass is 9.70. The van der Waals surface area contributed by atoms with Crippen molar-refractivity contribution in [2.24, 2.45) is 11.8 Å². The monoisotopic (exact) mass is 186 g/mol. The van der Waals surface area contributed by atoms with Gasteiger partial charge >= 0.3 is 0 Å². The van der Waals surface area contributed by atoms with E-state index in [2.05, 4.69) is 18.8 Å². The molecule has 0 spiro atoms. The molecule has 12 heavy (non-hydrogen) atoms. The molecule has 0 amide bonds. The molecule has 0 nitrogen and oxygen atoms in total. The standard InChI is InChI=1S/C11H22S/c1-12(2,3)11-8-9-4-6-10(11)7-5-9/h9-11H,4-8H2,1-3H3. The molecule has 3 saturated carbocycles. The van der Waals surface area contributed by atoms with Crippen LogP contribution in [0.3, 0.4) is 0 Å². The van der Waals surface area contributed by atoms with E-state index in [1.165, 1.54) is 0 Å². The molecule has 1 unspecified atom stereocenters. The fourth-order valence-corrected chi connectivity index (χ4v) is 5.46. The molecule has 0 heterocycles. The zero-order valence-electron chi connectivity index (χ0n) is 8.68. The minimum Gasteiger partial charge on any atom is -0.247 e. The van der Waals surface area contributed by atoms with Crippen molar-refractivity contribution in [2.45, 2.75) is 37.4 Å². The Morgan fingerprint density at radius 3 is 1.75 bits per heavy atom. The van der Waals surface area contributed by atoms with Gasteiger partial charge in [-0.25, -0.2) is 10.0 Å². The summed E-state index contributed by atoms with van der Waals surface area (Å²) in [6, 6.07) is 0. The van der Waals surface area contributed by atoms with Crippen LogP contribution in [-0.2, 0) is 0 Å². The largest absolute Gasteiger partial charge is 0.247 e. The molecule has 0 aliphatic heterocycles. The van der Waals surface area contributed by atoms with E-state index in [-0.39, 0.29) is 10.0 Å². The molecule has 0 saturated heterocycles. The van der Waals surface area contributed by atoms with Crippen LogP contribution in [0.25, 0.3) is 0 Å². The quantitative estimate of drug-likeness (QED) is 0.589. The van der Waals surface area contributed by atoms with Crippen LogP contribution in [0.5, 0.6) is 0 Å². The molecule has 0 N–H and O–H groups in total. The first-order valence-corrected chi connectivity index (χ1v) is 8.16. The number of hydrogen-bond donors (Lipinski definition) is 0. The van der Waals surface area contributed by atoms with Crippen LogP contribution in [0.2, 0.25) is 0 Å². The van der Waals surface area contributed by atoms with Gasteiger partial charge in [-0.3, -0.25) is 0 Å². The maximum Gasteiger partial charge on any atom is -0.00882 e. The Hall–Kier alpha value is 0.350. The molecule has 72 valence electrons. The Morgan fingerprint density at radius 2 is 1.50 bits per heavy atom. The Kier molecular flexibility index (Phi) is 2.18. The van der Waals surface area contributed by atoms with Gasteiger partial charge in [0.1, 0.15) is 0 Å². The number of rotatable bonds is 1. The lowest BCUT2D eigenvalue weighted by Crippen LogP contribution is -2.37. The Morgan fingerprint density at radius 1 is 0.917 bits per heavy atom. The van der Waals surface area contributed by atoms with Crippen molar-refractivity contribution in [3.8, 4) is 0 Å². The molecule has 1 atom stereocenters. The van der Waals surface area contributed by atoms with Crippen molar-refractivity contribution < 1.29 is 0 Å². The topological polar surface area (TPSA) is 0 Å².